The summed E-state index contributed by atoms with van der Waals surface area (Å²) in [6.45, 7) is 9.61. The zero-order valence-corrected chi connectivity index (χ0v) is 9.97. The third-order valence-corrected chi connectivity index (χ3v) is 2.35. The number of hydrogen-bond acceptors (Lipinski definition) is 2. The smallest absolute Gasteiger partial charge is 0.334 e. The van der Waals surface area contributed by atoms with E-state index < -0.39 is 14.3 Å². The largest absolute Gasteiger partial charge is 0.547 e. The van der Waals surface area contributed by atoms with Crippen LogP contribution in [-0.4, -0.2) is 19.4 Å². The molecule has 0 heterocycles. The molecular formula is C9H18O3Si. The van der Waals surface area contributed by atoms with Crippen LogP contribution in [0.15, 0.2) is 11.3 Å². The van der Waals surface area contributed by atoms with Crippen molar-refractivity contribution in [2.45, 2.75) is 39.9 Å². The van der Waals surface area contributed by atoms with E-state index in [9.17, 15) is 4.79 Å². The summed E-state index contributed by atoms with van der Waals surface area (Å²) in [7, 11) is -1.67. The molecule has 0 aliphatic rings. The van der Waals surface area contributed by atoms with Gasteiger partial charge in [-0.1, -0.05) is 6.92 Å². The van der Waals surface area contributed by atoms with Crippen LogP contribution >= 0.6 is 0 Å². The van der Waals surface area contributed by atoms with Gasteiger partial charge in [-0.3, -0.25) is 0 Å². The van der Waals surface area contributed by atoms with Gasteiger partial charge in [0.25, 0.3) is 0 Å². The second-order valence-corrected chi connectivity index (χ2v) is 8.35. The molecule has 0 spiro atoms. The quantitative estimate of drug-likeness (QED) is 0.433. The summed E-state index contributed by atoms with van der Waals surface area (Å²) in [6.07, 6.45) is 0.641. The molecule has 0 saturated carbocycles. The molecule has 1 N–H and O–H groups in total. The molecule has 13 heavy (non-hydrogen) atoms. The molecule has 0 unspecified atom stereocenters. The second-order valence-electron chi connectivity index (χ2n) is 3.92. The minimum atomic E-state index is -1.67. The summed E-state index contributed by atoms with van der Waals surface area (Å²) in [4.78, 5) is 10.7. The van der Waals surface area contributed by atoms with Crippen molar-refractivity contribution in [3.05, 3.63) is 11.3 Å². The van der Waals surface area contributed by atoms with E-state index in [0.717, 1.165) is 0 Å². The van der Waals surface area contributed by atoms with Crippen LogP contribution in [0.25, 0.3) is 0 Å². The Balaban J connectivity index is 4.70. The maximum absolute atomic E-state index is 10.7. The summed E-state index contributed by atoms with van der Waals surface area (Å²) in [6, 6.07) is 0. The highest BCUT2D eigenvalue weighted by Crippen LogP contribution is 2.16. The van der Waals surface area contributed by atoms with Crippen LogP contribution < -0.4 is 0 Å². The lowest BCUT2D eigenvalue weighted by Crippen LogP contribution is -2.25. The van der Waals surface area contributed by atoms with Crippen LogP contribution in [0.4, 0.5) is 0 Å². The molecule has 3 nitrogen and oxygen atoms in total. The number of carboxylic acid groups (broad SMARTS) is 1. The van der Waals surface area contributed by atoms with E-state index >= 15 is 0 Å². The first kappa shape index (κ1) is 12.2. The predicted molar refractivity (Wildman–Crippen MR) is 55.1 cm³/mol. The highest BCUT2D eigenvalue weighted by atomic mass is 28.4. The lowest BCUT2D eigenvalue weighted by Gasteiger charge is -2.22. The molecular weight excluding hydrogens is 184 g/mol. The molecule has 0 bridgehead atoms. The number of allylic oxidation sites excluding steroid dienone is 1. The molecule has 4 heteroatoms. The van der Waals surface area contributed by atoms with Crippen molar-refractivity contribution in [1.82, 2.24) is 0 Å². The maximum atomic E-state index is 10.7. The van der Waals surface area contributed by atoms with Gasteiger partial charge in [-0.15, -0.1) is 0 Å². The Morgan fingerprint density at radius 3 is 2.08 bits per heavy atom. The molecule has 0 aliphatic heterocycles. The number of aliphatic carboxylic acids is 1. The van der Waals surface area contributed by atoms with Crippen LogP contribution in [0.2, 0.25) is 19.6 Å². The van der Waals surface area contributed by atoms with Gasteiger partial charge in [0, 0.05) is 6.42 Å². The predicted octanol–water partition coefficient (Wildman–Crippen LogP) is 2.61. The van der Waals surface area contributed by atoms with Gasteiger partial charge in [-0.05, 0) is 26.6 Å². The molecule has 0 aliphatic carbocycles. The topological polar surface area (TPSA) is 46.5 Å². The number of rotatable bonds is 4. The molecule has 0 amide bonds. The lowest BCUT2D eigenvalue weighted by molar-refractivity contribution is -0.132. The van der Waals surface area contributed by atoms with Crippen LogP contribution in [0.5, 0.6) is 0 Å². The summed E-state index contributed by atoms with van der Waals surface area (Å²) in [5, 5.41) is 8.76. The van der Waals surface area contributed by atoms with Gasteiger partial charge in [0.2, 0.25) is 8.32 Å². The Hall–Kier alpha value is -0.773. The van der Waals surface area contributed by atoms with E-state index in [1.54, 1.807) is 6.92 Å². The molecule has 0 atom stereocenters. The van der Waals surface area contributed by atoms with Crippen LogP contribution in [0.1, 0.15) is 20.3 Å². The van der Waals surface area contributed by atoms with Crippen LogP contribution in [0.3, 0.4) is 0 Å². The number of carbonyl (C=O) groups is 1. The van der Waals surface area contributed by atoms with Crippen molar-refractivity contribution in [3.63, 3.8) is 0 Å². The van der Waals surface area contributed by atoms with Crippen molar-refractivity contribution >= 4 is 14.3 Å². The van der Waals surface area contributed by atoms with E-state index in [1.807, 2.05) is 26.6 Å². The molecule has 0 fully saturated rings. The first-order valence-electron chi connectivity index (χ1n) is 4.40. The Kier molecular flexibility index (Phi) is 4.19. The average Bonchev–Trinajstić information content (AvgIpc) is 1.97. The highest BCUT2D eigenvalue weighted by molar-refractivity contribution is 6.70. The fourth-order valence-corrected chi connectivity index (χ4v) is 1.94. The fourth-order valence-electron chi connectivity index (χ4n) is 0.903. The lowest BCUT2D eigenvalue weighted by atomic mass is 10.2. The zero-order valence-electron chi connectivity index (χ0n) is 8.97. The average molecular weight is 202 g/mol. The second kappa shape index (κ2) is 4.46. The SMILES string of the molecule is CCC(O[Si](C)(C)C)=C(C)C(=O)O. The van der Waals surface area contributed by atoms with Crippen LogP contribution in [-0.2, 0) is 9.22 Å². The van der Waals surface area contributed by atoms with Crippen molar-refractivity contribution in [1.29, 1.82) is 0 Å². The van der Waals surface area contributed by atoms with E-state index in [-0.39, 0.29) is 0 Å². The molecule has 0 aromatic carbocycles. The fraction of sp³-hybridized carbons (Fsp3) is 0.667. The highest BCUT2D eigenvalue weighted by Gasteiger charge is 2.19. The summed E-state index contributed by atoms with van der Waals surface area (Å²) < 4.78 is 5.65. The maximum Gasteiger partial charge on any atom is 0.334 e. The van der Waals surface area contributed by atoms with Gasteiger partial charge >= 0.3 is 5.97 Å². The Labute approximate surface area is 80.5 Å². The van der Waals surface area contributed by atoms with Gasteiger partial charge in [0.15, 0.2) is 0 Å². The summed E-state index contributed by atoms with van der Waals surface area (Å²) >= 11 is 0. The Bertz CT molecular complexity index is 226. The Morgan fingerprint density at radius 1 is 1.38 bits per heavy atom. The summed E-state index contributed by atoms with van der Waals surface area (Å²) in [5.74, 6) is -0.276. The van der Waals surface area contributed by atoms with Crippen molar-refractivity contribution in [3.8, 4) is 0 Å². The molecule has 76 valence electrons. The number of hydrogen-bond donors (Lipinski definition) is 1. The van der Waals surface area contributed by atoms with Crippen molar-refractivity contribution in [2.75, 3.05) is 0 Å². The third-order valence-electron chi connectivity index (χ3n) is 1.49. The zero-order chi connectivity index (χ0) is 10.6. The van der Waals surface area contributed by atoms with E-state index in [1.165, 1.54) is 0 Å². The van der Waals surface area contributed by atoms with Gasteiger partial charge < -0.3 is 9.53 Å². The number of carboxylic acids is 1. The third kappa shape index (κ3) is 4.72. The minimum Gasteiger partial charge on any atom is -0.547 e. The van der Waals surface area contributed by atoms with Crippen LogP contribution in [0, 0.1) is 0 Å². The molecule has 0 saturated heterocycles. The van der Waals surface area contributed by atoms with E-state index in [2.05, 4.69) is 0 Å². The first-order chi connectivity index (χ1) is 5.78. The van der Waals surface area contributed by atoms with Crippen molar-refractivity contribution in [2.24, 2.45) is 0 Å². The van der Waals surface area contributed by atoms with Gasteiger partial charge in [-0.2, -0.15) is 0 Å². The van der Waals surface area contributed by atoms with Gasteiger partial charge in [-0.25, -0.2) is 4.79 Å². The molecule has 0 rings (SSSR count). The monoisotopic (exact) mass is 202 g/mol. The summed E-state index contributed by atoms with van der Waals surface area (Å²) in [5.41, 5.74) is 0.324. The standard InChI is InChI=1S/C9H18O3Si/c1-6-8(7(2)9(10)11)12-13(3,4)5/h6H2,1-5H3,(H,10,11). The normalized spacial score (nSPS) is 13.6. The Morgan fingerprint density at radius 2 is 1.85 bits per heavy atom. The van der Waals surface area contributed by atoms with Crippen molar-refractivity contribution < 1.29 is 14.3 Å². The van der Waals surface area contributed by atoms with Gasteiger partial charge in [0.05, 0.1) is 11.3 Å². The first-order valence-corrected chi connectivity index (χ1v) is 7.80. The van der Waals surface area contributed by atoms with E-state index in [0.29, 0.717) is 17.8 Å². The molecule has 0 aromatic rings. The van der Waals surface area contributed by atoms with E-state index in [4.69, 9.17) is 9.53 Å². The minimum absolute atomic E-state index is 0.324. The molecule has 0 radical (unpaired) electrons. The van der Waals surface area contributed by atoms with Gasteiger partial charge in [0.1, 0.15) is 0 Å². The molecule has 0 aromatic heterocycles.